The number of nitrogens with one attached hydrogen (secondary N) is 1. The smallest absolute Gasteiger partial charge is 1.00 e. The molecule has 10 nitrogen and oxygen atoms in total. The fourth-order valence-corrected chi connectivity index (χ4v) is 0.455. The first-order valence-corrected chi connectivity index (χ1v) is 3.43. The Morgan fingerprint density at radius 2 is 1.61 bits per heavy atom. The van der Waals surface area contributed by atoms with Gasteiger partial charge in [-0.3, -0.25) is 4.79 Å². The van der Waals surface area contributed by atoms with Gasteiger partial charge in [-0.25, -0.2) is 0 Å². The summed E-state index contributed by atoms with van der Waals surface area (Å²) in [7, 11) is 0. The van der Waals surface area contributed by atoms with Gasteiger partial charge in [-0.15, -0.1) is 0 Å². The van der Waals surface area contributed by atoms with E-state index in [9.17, 15) is 19.5 Å². The number of carbonyl (C=O) groups excluding carboxylic acids is 3. The molecule has 12 heteroatoms. The number of carboxylic acids is 1. The third-order valence-electron chi connectivity index (χ3n) is 1.01. The molecule has 0 heterocycles. The van der Waals surface area contributed by atoms with E-state index in [1.807, 2.05) is 0 Å². The molecule has 0 atom stereocenters. The van der Waals surface area contributed by atoms with Crippen molar-refractivity contribution in [2.45, 2.75) is 0 Å². The molecule has 0 rings (SSSR count). The Morgan fingerprint density at radius 1 is 1.17 bits per heavy atom. The summed E-state index contributed by atoms with van der Waals surface area (Å²) in [6, 6.07) is 0. The van der Waals surface area contributed by atoms with Crippen molar-refractivity contribution in [2.24, 2.45) is 5.73 Å². The molecule has 0 aromatic carbocycles. The number of aliphatic carboxylic acids is 1. The topological polar surface area (TPSA) is 216 Å². The van der Waals surface area contributed by atoms with Gasteiger partial charge in [-0.1, -0.05) is 6.54 Å². The Balaban J connectivity index is -0.0000000720. The number of carboxylic acid groups (broad SMARTS) is 1. The summed E-state index contributed by atoms with van der Waals surface area (Å²) in [5.74, 6) is -2.68. The molecule has 0 saturated carbocycles. The van der Waals surface area contributed by atoms with E-state index >= 15 is 0 Å². The molecule has 0 aliphatic carbocycles. The van der Waals surface area contributed by atoms with Gasteiger partial charge in [0.05, 0.1) is 19.0 Å². The maximum atomic E-state index is 10.7. The maximum absolute atomic E-state index is 10.7. The zero-order valence-corrected chi connectivity index (χ0v) is 12.2. The average molecular weight is 314 g/mol. The first-order chi connectivity index (χ1) is 6.06. The first-order valence-electron chi connectivity index (χ1n) is 3.43. The van der Waals surface area contributed by atoms with Gasteiger partial charge in [0, 0.05) is 5.97 Å². The van der Waals surface area contributed by atoms with E-state index in [0.29, 0.717) is 0 Å². The number of amides is 2. The maximum Gasteiger partial charge on any atom is 2.00 e. The molecule has 106 valence electrons. The fourth-order valence-electron chi connectivity index (χ4n) is 0.455. The van der Waals surface area contributed by atoms with Crippen LogP contribution in [-0.2, 0) is 14.4 Å². The molecule has 0 saturated heterocycles. The summed E-state index contributed by atoms with van der Waals surface area (Å²) in [4.78, 5) is 31.0. The predicted molar refractivity (Wildman–Crippen MR) is 51.9 cm³/mol. The number of rotatable bonds is 5. The number of carbonyl (C=O) groups is 3. The Labute approximate surface area is 139 Å². The SMILES string of the molecule is NCC(=O)NCC(=O)[N-]CC(=O)[O-].[Ca+2].[Cl-].[OH-].[OH-].[OH-]. The molecule has 0 aliphatic heterocycles. The molecule has 0 spiro atoms. The second-order valence-electron chi connectivity index (χ2n) is 2.06. The number of hydrogen-bond acceptors (Lipinski definition) is 8. The van der Waals surface area contributed by atoms with Gasteiger partial charge in [0.25, 0.3) is 0 Å². The van der Waals surface area contributed by atoms with Crippen LogP contribution in [0.4, 0.5) is 0 Å². The van der Waals surface area contributed by atoms with Crippen LogP contribution in [0.3, 0.4) is 0 Å². The number of hydrogen-bond donors (Lipinski definition) is 2. The molecule has 0 aromatic rings. The number of nitrogens with zero attached hydrogens (tertiary/aromatic N) is 1. The third kappa shape index (κ3) is 24.9. The Morgan fingerprint density at radius 3 is 1.94 bits per heavy atom. The molecule has 0 radical (unpaired) electrons. The third-order valence-corrected chi connectivity index (χ3v) is 1.01. The standard InChI is InChI=1S/C6H11N3O4.Ca.ClH.3H2O/c7-1-4(10)8-2-5(11)9-3-6(12)13;;;;;/h1-3,7H2,(H3,8,9,10,11,12,13);;1H;3*1H2/q;+2;;;;/p-6. The van der Waals surface area contributed by atoms with Crippen molar-refractivity contribution in [3.05, 3.63) is 5.32 Å². The van der Waals surface area contributed by atoms with Gasteiger partial charge >= 0.3 is 37.7 Å². The molecule has 18 heavy (non-hydrogen) atoms. The summed E-state index contributed by atoms with van der Waals surface area (Å²) < 4.78 is 0. The summed E-state index contributed by atoms with van der Waals surface area (Å²) in [6.45, 7) is -1.27. The molecule has 0 aromatic heterocycles. The van der Waals surface area contributed by atoms with Crippen molar-refractivity contribution in [2.75, 3.05) is 19.6 Å². The molecular formula is C6H12CaClN3O7-4. The van der Waals surface area contributed by atoms with Crippen molar-refractivity contribution >= 4 is 55.5 Å². The molecule has 6 N–H and O–H groups in total. The Bertz CT molecular complexity index is 231. The van der Waals surface area contributed by atoms with E-state index in [1.165, 1.54) is 0 Å². The van der Waals surface area contributed by atoms with Gasteiger partial charge in [0.2, 0.25) is 5.91 Å². The Hall–Kier alpha value is -0.200. The predicted octanol–water partition coefficient (Wildman–Crippen LogP) is -7.20. The van der Waals surface area contributed by atoms with Crippen LogP contribution in [0.5, 0.6) is 0 Å². The minimum absolute atomic E-state index is 0. The zero-order chi connectivity index (χ0) is 10.3. The second kappa shape index (κ2) is 22.0. The van der Waals surface area contributed by atoms with Crippen LogP contribution in [0.1, 0.15) is 0 Å². The number of nitrogens with two attached hydrogens (primary N) is 1. The van der Waals surface area contributed by atoms with Crippen LogP contribution in [0.2, 0.25) is 0 Å². The molecule has 2 amide bonds. The van der Waals surface area contributed by atoms with Crippen molar-refractivity contribution in [3.63, 3.8) is 0 Å². The summed E-state index contributed by atoms with van der Waals surface area (Å²) in [5, 5.41) is 15.0. The number of halogens is 1. The average Bonchev–Trinajstić information content (AvgIpc) is 2.10. The van der Waals surface area contributed by atoms with Crippen LogP contribution in [-0.4, -0.2) is 91.6 Å². The van der Waals surface area contributed by atoms with Crippen molar-refractivity contribution in [1.82, 2.24) is 5.32 Å². The minimum Gasteiger partial charge on any atom is -1.00 e. The van der Waals surface area contributed by atoms with Gasteiger partial charge in [0.1, 0.15) is 0 Å². The van der Waals surface area contributed by atoms with Crippen molar-refractivity contribution < 1.29 is 48.3 Å². The zero-order valence-electron chi connectivity index (χ0n) is 9.21. The summed E-state index contributed by atoms with van der Waals surface area (Å²) in [5.41, 5.74) is 4.92. The van der Waals surface area contributed by atoms with Crippen LogP contribution in [0.25, 0.3) is 5.32 Å². The molecule has 0 unspecified atom stereocenters. The molecule has 0 aliphatic rings. The van der Waals surface area contributed by atoms with Crippen LogP contribution < -0.4 is 28.6 Å². The Kier molecular flexibility index (Phi) is 44.1. The van der Waals surface area contributed by atoms with E-state index in [2.05, 4.69) is 10.6 Å². The van der Waals surface area contributed by atoms with E-state index in [1.54, 1.807) is 0 Å². The normalized spacial score (nSPS) is 6.50. The van der Waals surface area contributed by atoms with Crippen molar-refractivity contribution in [1.29, 1.82) is 0 Å². The second-order valence-corrected chi connectivity index (χ2v) is 2.06. The monoisotopic (exact) mass is 313 g/mol. The van der Waals surface area contributed by atoms with Crippen LogP contribution >= 0.6 is 0 Å². The minimum atomic E-state index is -1.45. The summed E-state index contributed by atoms with van der Waals surface area (Å²) in [6.07, 6.45) is 0. The summed E-state index contributed by atoms with van der Waals surface area (Å²) >= 11 is 0. The van der Waals surface area contributed by atoms with Gasteiger partial charge in [-0.05, 0) is 0 Å². The molecule has 0 fully saturated rings. The first kappa shape index (κ1) is 36.1. The molecular weight excluding hydrogens is 302 g/mol. The van der Waals surface area contributed by atoms with E-state index < -0.39 is 24.3 Å². The van der Waals surface area contributed by atoms with Gasteiger partial charge < -0.3 is 59.9 Å². The van der Waals surface area contributed by atoms with Gasteiger partial charge in [-0.2, -0.15) is 0 Å². The van der Waals surface area contributed by atoms with E-state index in [0.717, 1.165) is 0 Å². The van der Waals surface area contributed by atoms with E-state index in [4.69, 9.17) is 5.73 Å². The van der Waals surface area contributed by atoms with Crippen LogP contribution in [0.15, 0.2) is 0 Å². The van der Waals surface area contributed by atoms with Crippen molar-refractivity contribution in [3.8, 4) is 0 Å². The fraction of sp³-hybridized carbons (Fsp3) is 0.500. The largest absolute Gasteiger partial charge is 2.00 e. The molecule has 0 bridgehead atoms. The quantitative estimate of drug-likeness (QED) is 0.463. The van der Waals surface area contributed by atoms with E-state index in [-0.39, 0.29) is 79.7 Å². The van der Waals surface area contributed by atoms with Crippen LogP contribution in [0, 0.1) is 0 Å². The van der Waals surface area contributed by atoms with Gasteiger partial charge in [0.15, 0.2) is 0 Å².